The van der Waals surface area contributed by atoms with E-state index in [4.69, 9.17) is 4.74 Å². The van der Waals surface area contributed by atoms with Gasteiger partial charge in [-0.3, -0.25) is 0 Å². The van der Waals surface area contributed by atoms with Gasteiger partial charge >= 0.3 is 0 Å². The van der Waals surface area contributed by atoms with Gasteiger partial charge in [0.1, 0.15) is 17.7 Å². The summed E-state index contributed by atoms with van der Waals surface area (Å²) in [7, 11) is 1.58. The third-order valence-corrected chi connectivity index (χ3v) is 3.66. The molecule has 0 spiro atoms. The van der Waals surface area contributed by atoms with Gasteiger partial charge in [-0.2, -0.15) is 0 Å². The molecule has 0 aliphatic rings. The fourth-order valence-electron chi connectivity index (χ4n) is 1.98. The molecule has 0 bridgehead atoms. The average Bonchev–Trinajstić information content (AvgIpc) is 2.41. The molecule has 0 fully saturated rings. The van der Waals surface area contributed by atoms with Crippen LogP contribution < -0.4 is 4.74 Å². The van der Waals surface area contributed by atoms with Crippen molar-refractivity contribution in [3.05, 3.63) is 63.4 Å². The van der Waals surface area contributed by atoms with Crippen molar-refractivity contribution in [2.75, 3.05) is 7.11 Å². The van der Waals surface area contributed by atoms with Gasteiger partial charge in [0.15, 0.2) is 0 Å². The molecular formula is C15H14BrFO2. The molecule has 2 aromatic rings. The van der Waals surface area contributed by atoms with Crippen LogP contribution >= 0.6 is 15.9 Å². The highest BCUT2D eigenvalue weighted by Crippen LogP contribution is 2.31. The maximum Gasteiger partial charge on any atom is 0.143 e. The van der Waals surface area contributed by atoms with Crippen LogP contribution in [0.25, 0.3) is 0 Å². The van der Waals surface area contributed by atoms with E-state index in [1.54, 1.807) is 37.4 Å². The zero-order valence-corrected chi connectivity index (χ0v) is 12.2. The minimum Gasteiger partial charge on any atom is -0.497 e. The molecule has 0 aromatic heterocycles. The number of rotatable bonds is 3. The third kappa shape index (κ3) is 2.80. The van der Waals surface area contributed by atoms with Crippen molar-refractivity contribution in [1.82, 2.24) is 0 Å². The Hall–Kier alpha value is -1.39. The molecule has 4 heteroatoms. The minimum absolute atomic E-state index is 0.252. The number of aliphatic hydroxyl groups is 1. The molecule has 0 radical (unpaired) electrons. The number of aryl methyl sites for hydroxylation is 1. The highest BCUT2D eigenvalue weighted by molar-refractivity contribution is 9.10. The quantitative estimate of drug-likeness (QED) is 0.925. The lowest BCUT2D eigenvalue weighted by Crippen LogP contribution is -2.05. The summed E-state index contributed by atoms with van der Waals surface area (Å²) in [4.78, 5) is 0. The summed E-state index contributed by atoms with van der Waals surface area (Å²) in [5.41, 5.74) is 1.77. The highest BCUT2D eigenvalue weighted by atomic mass is 79.9. The topological polar surface area (TPSA) is 29.5 Å². The normalized spacial score (nSPS) is 12.3. The van der Waals surface area contributed by atoms with Gasteiger partial charge in [-0.15, -0.1) is 0 Å². The molecule has 100 valence electrons. The van der Waals surface area contributed by atoms with E-state index in [2.05, 4.69) is 15.9 Å². The second kappa shape index (κ2) is 5.72. The number of hydrogen-bond acceptors (Lipinski definition) is 2. The lowest BCUT2D eigenvalue weighted by atomic mass is 9.97. The van der Waals surface area contributed by atoms with Crippen LogP contribution in [0.1, 0.15) is 22.8 Å². The molecule has 19 heavy (non-hydrogen) atoms. The first-order valence-corrected chi connectivity index (χ1v) is 6.60. The van der Waals surface area contributed by atoms with E-state index in [1.165, 1.54) is 0 Å². The molecule has 0 aliphatic heterocycles. The van der Waals surface area contributed by atoms with E-state index in [0.29, 0.717) is 15.8 Å². The molecule has 1 unspecified atom stereocenters. The van der Waals surface area contributed by atoms with Gasteiger partial charge in [-0.1, -0.05) is 18.2 Å². The van der Waals surface area contributed by atoms with Crippen LogP contribution in [-0.2, 0) is 0 Å². The highest BCUT2D eigenvalue weighted by Gasteiger charge is 2.18. The predicted molar refractivity (Wildman–Crippen MR) is 75.9 cm³/mol. The van der Waals surface area contributed by atoms with E-state index in [-0.39, 0.29) is 5.56 Å². The number of hydrogen-bond donors (Lipinski definition) is 1. The lowest BCUT2D eigenvalue weighted by molar-refractivity contribution is 0.214. The van der Waals surface area contributed by atoms with E-state index in [9.17, 15) is 9.50 Å². The molecule has 1 N–H and O–H groups in total. The van der Waals surface area contributed by atoms with E-state index >= 15 is 0 Å². The largest absolute Gasteiger partial charge is 0.497 e. The predicted octanol–water partition coefficient (Wildman–Crippen LogP) is 3.99. The lowest BCUT2D eigenvalue weighted by Gasteiger charge is -2.16. The van der Waals surface area contributed by atoms with Crippen molar-refractivity contribution < 1.29 is 14.2 Å². The van der Waals surface area contributed by atoms with Gasteiger partial charge in [0.2, 0.25) is 0 Å². The molecule has 0 amide bonds. The summed E-state index contributed by atoms with van der Waals surface area (Å²) in [6, 6.07) is 10.2. The summed E-state index contributed by atoms with van der Waals surface area (Å²) in [6.45, 7) is 1.86. The van der Waals surface area contributed by atoms with Crippen molar-refractivity contribution in [3.63, 3.8) is 0 Å². The summed E-state index contributed by atoms with van der Waals surface area (Å²) in [5.74, 6) is 0.272. The first-order valence-electron chi connectivity index (χ1n) is 5.81. The molecular weight excluding hydrogens is 311 g/mol. The SMILES string of the molecule is COc1ccc(C(O)c2cccc(Br)c2F)c(C)c1. The molecule has 0 aliphatic carbocycles. The van der Waals surface area contributed by atoms with Crippen molar-refractivity contribution in [2.24, 2.45) is 0 Å². The first kappa shape index (κ1) is 14.0. The van der Waals surface area contributed by atoms with Gasteiger partial charge in [0, 0.05) is 5.56 Å². The summed E-state index contributed by atoms with van der Waals surface area (Å²) in [6.07, 6.45) is -0.997. The van der Waals surface area contributed by atoms with Crippen molar-refractivity contribution in [2.45, 2.75) is 13.0 Å². The Morgan fingerprint density at radius 2 is 1.95 bits per heavy atom. The average molecular weight is 325 g/mol. The van der Waals surface area contributed by atoms with Crippen LogP contribution in [0.5, 0.6) is 5.75 Å². The summed E-state index contributed by atoms with van der Waals surface area (Å²) < 4.78 is 19.4. The molecule has 0 saturated heterocycles. The maximum atomic E-state index is 14.0. The van der Waals surface area contributed by atoms with Crippen molar-refractivity contribution in [3.8, 4) is 5.75 Å². The summed E-state index contributed by atoms with van der Waals surface area (Å²) in [5, 5.41) is 10.3. The van der Waals surface area contributed by atoms with Gasteiger partial charge in [-0.05, 0) is 52.2 Å². The zero-order chi connectivity index (χ0) is 14.0. The number of methoxy groups -OCH3 is 1. The molecule has 0 heterocycles. The number of benzene rings is 2. The summed E-state index contributed by atoms with van der Waals surface area (Å²) >= 11 is 3.12. The van der Waals surface area contributed by atoms with Crippen LogP contribution in [0.2, 0.25) is 0 Å². The first-order chi connectivity index (χ1) is 9.04. The van der Waals surface area contributed by atoms with Crippen LogP contribution in [0, 0.1) is 12.7 Å². The Labute approximate surface area is 120 Å². The Balaban J connectivity index is 2.44. The smallest absolute Gasteiger partial charge is 0.143 e. The fraction of sp³-hybridized carbons (Fsp3) is 0.200. The van der Waals surface area contributed by atoms with Gasteiger partial charge in [0.05, 0.1) is 11.6 Å². The van der Waals surface area contributed by atoms with Crippen LogP contribution in [0.3, 0.4) is 0 Å². The van der Waals surface area contributed by atoms with Crippen LogP contribution in [0.4, 0.5) is 4.39 Å². The molecule has 2 nitrogen and oxygen atoms in total. The molecule has 1 atom stereocenters. The number of ether oxygens (including phenoxy) is 1. The standard InChI is InChI=1S/C15H14BrFO2/c1-9-8-10(19-2)6-7-11(9)15(18)12-4-3-5-13(16)14(12)17/h3-8,15,18H,1-2H3. The Bertz CT molecular complexity index is 599. The van der Waals surface area contributed by atoms with Crippen molar-refractivity contribution in [1.29, 1.82) is 0 Å². The van der Waals surface area contributed by atoms with E-state index in [1.807, 2.05) is 13.0 Å². The Morgan fingerprint density at radius 3 is 2.58 bits per heavy atom. The Kier molecular flexibility index (Phi) is 4.22. The van der Waals surface area contributed by atoms with Gasteiger partial charge < -0.3 is 9.84 Å². The van der Waals surface area contributed by atoms with Gasteiger partial charge in [0.25, 0.3) is 0 Å². The third-order valence-electron chi connectivity index (χ3n) is 3.05. The van der Waals surface area contributed by atoms with Gasteiger partial charge in [-0.25, -0.2) is 4.39 Å². The monoisotopic (exact) mass is 324 g/mol. The molecule has 2 aromatic carbocycles. The Morgan fingerprint density at radius 1 is 1.21 bits per heavy atom. The van der Waals surface area contributed by atoms with Crippen molar-refractivity contribution >= 4 is 15.9 Å². The molecule has 0 saturated carbocycles. The van der Waals surface area contributed by atoms with Crippen LogP contribution in [-0.4, -0.2) is 12.2 Å². The van der Waals surface area contributed by atoms with Crippen LogP contribution in [0.15, 0.2) is 40.9 Å². The maximum absolute atomic E-state index is 14.0. The number of halogens is 2. The second-order valence-electron chi connectivity index (χ2n) is 4.27. The van der Waals surface area contributed by atoms with E-state index < -0.39 is 11.9 Å². The van der Waals surface area contributed by atoms with E-state index in [0.717, 1.165) is 5.56 Å². The second-order valence-corrected chi connectivity index (χ2v) is 5.12. The number of aliphatic hydroxyl groups excluding tert-OH is 1. The minimum atomic E-state index is -0.997. The fourth-order valence-corrected chi connectivity index (χ4v) is 2.36. The zero-order valence-electron chi connectivity index (χ0n) is 10.7. The molecule has 2 rings (SSSR count).